The van der Waals surface area contributed by atoms with E-state index in [0.29, 0.717) is 31.9 Å². The van der Waals surface area contributed by atoms with Crippen molar-refractivity contribution in [2.24, 2.45) is 0 Å². The largest absolute Gasteiger partial charge is 0.431 e. The van der Waals surface area contributed by atoms with Crippen LogP contribution in [0.25, 0.3) is 11.1 Å². The molecule has 2 heterocycles. The molecule has 0 saturated carbocycles. The molecule has 0 saturated heterocycles. The summed E-state index contributed by atoms with van der Waals surface area (Å²) in [5.74, 6) is -0.0761. The van der Waals surface area contributed by atoms with Crippen LogP contribution in [0.3, 0.4) is 0 Å². The third-order valence-corrected chi connectivity index (χ3v) is 4.59. The monoisotopic (exact) mass is 349 g/mol. The Labute approximate surface area is 138 Å². The Morgan fingerprint density at radius 1 is 1.50 bits per heavy atom. The van der Waals surface area contributed by atoms with E-state index in [1.54, 1.807) is 29.6 Å². The Kier molecular flexibility index (Phi) is 4.34. The molecule has 1 N–H and O–H groups in total. The van der Waals surface area contributed by atoms with Gasteiger partial charge in [0.1, 0.15) is 16.6 Å². The van der Waals surface area contributed by atoms with E-state index in [-0.39, 0.29) is 11.7 Å². The summed E-state index contributed by atoms with van der Waals surface area (Å²) in [6.07, 6.45) is 0. The van der Waals surface area contributed by atoms with Gasteiger partial charge in [0.25, 0.3) is 5.22 Å². The highest BCUT2D eigenvalue weighted by Gasteiger charge is 2.12. The summed E-state index contributed by atoms with van der Waals surface area (Å²) in [5, 5.41) is 14.9. The smallest absolute Gasteiger partial charge is 0.257 e. The van der Waals surface area contributed by atoms with E-state index < -0.39 is 0 Å². The summed E-state index contributed by atoms with van der Waals surface area (Å²) < 4.78 is 5.52. The molecule has 1 aromatic carbocycles. The molecule has 3 rings (SSSR count). The average Bonchev–Trinajstić information content (AvgIpc) is 3.10. The zero-order valence-corrected chi connectivity index (χ0v) is 13.4. The van der Waals surface area contributed by atoms with E-state index in [9.17, 15) is 4.79 Å². The number of nitrogens with zero attached hydrogens (tertiary/aromatic N) is 2. The minimum absolute atomic E-state index is 0.142. The fourth-order valence-corrected chi connectivity index (χ4v) is 3.28. The number of nitrogens with one attached hydrogen (secondary N) is 1. The lowest BCUT2D eigenvalue weighted by molar-refractivity contribution is -0.113. The second-order valence-electron chi connectivity index (χ2n) is 4.20. The predicted octanol–water partition coefficient (Wildman–Crippen LogP) is 4.15. The lowest BCUT2D eigenvalue weighted by atomic mass is 10.3. The molecular formula is C14H8ClN3O2S2. The van der Waals surface area contributed by atoms with Crippen LogP contribution in [0.4, 0.5) is 5.00 Å². The van der Waals surface area contributed by atoms with Gasteiger partial charge < -0.3 is 9.73 Å². The number of thioether (sulfide) groups is 1. The maximum absolute atomic E-state index is 11.9. The van der Waals surface area contributed by atoms with Crippen LogP contribution in [0.5, 0.6) is 0 Å². The highest BCUT2D eigenvalue weighted by atomic mass is 35.5. The Balaban J connectivity index is 1.64. The summed E-state index contributed by atoms with van der Waals surface area (Å²) >= 11 is 8.38. The summed E-state index contributed by atoms with van der Waals surface area (Å²) in [7, 11) is 0. The number of thiophene rings is 1. The molecule has 0 bridgehead atoms. The molecule has 0 radical (unpaired) electrons. The normalized spacial score (nSPS) is 10.5. The van der Waals surface area contributed by atoms with E-state index >= 15 is 0 Å². The van der Waals surface area contributed by atoms with Crippen molar-refractivity contribution in [2.45, 2.75) is 5.22 Å². The lowest BCUT2D eigenvalue weighted by Crippen LogP contribution is -2.13. The zero-order valence-electron chi connectivity index (χ0n) is 11.0. The van der Waals surface area contributed by atoms with Gasteiger partial charge in [0.05, 0.1) is 11.3 Å². The maximum atomic E-state index is 11.9. The predicted molar refractivity (Wildman–Crippen MR) is 87.4 cm³/mol. The molecule has 0 spiro atoms. The fourth-order valence-electron chi connectivity index (χ4n) is 1.73. The van der Waals surface area contributed by atoms with Gasteiger partial charge >= 0.3 is 0 Å². The highest BCUT2D eigenvalue weighted by molar-refractivity contribution is 7.99. The van der Waals surface area contributed by atoms with E-state index in [0.717, 1.165) is 0 Å². The number of aromatic nitrogens is 1. The van der Waals surface area contributed by atoms with Crippen molar-refractivity contribution < 1.29 is 9.21 Å². The summed E-state index contributed by atoms with van der Waals surface area (Å²) in [4.78, 5) is 16.2. The number of fused-ring (bicyclic) bond motifs is 1. The van der Waals surface area contributed by atoms with Gasteiger partial charge in [-0.15, -0.1) is 11.3 Å². The van der Waals surface area contributed by atoms with Crippen LogP contribution in [-0.4, -0.2) is 16.6 Å². The number of rotatable bonds is 4. The Morgan fingerprint density at radius 2 is 2.36 bits per heavy atom. The topological polar surface area (TPSA) is 78.9 Å². The Hall–Kier alpha value is -2.01. The fraction of sp³-hybridized carbons (Fsp3) is 0.0714. The molecule has 0 unspecified atom stereocenters. The van der Waals surface area contributed by atoms with Gasteiger partial charge in [0.15, 0.2) is 5.58 Å². The molecule has 0 fully saturated rings. The second-order valence-corrected chi connectivity index (χ2v) is 6.48. The van der Waals surface area contributed by atoms with Gasteiger partial charge in [-0.1, -0.05) is 23.4 Å². The van der Waals surface area contributed by atoms with Gasteiger partial charge in [0.2, 0.25) is 5.91 Å². The third-order valence-electron chi connectivity index (χ3n) is 2.70. The lowest BCUT2D eigenvalue weighted by Gasteiger charge is -2.01. The number of carbonyl (C=O) groups excluding carboxylic acids is 1. The third kappa shape index (κ3) is 3.25. The van der Waals surface area contributed by atoms with Crippen molar-refractivity contribution >= 4 is 56.7 Å². The zero-order chi connectivity index (χ0) is 15.5. The first-order valence-electron chi connectivity index (χ1n) is 6.12. The number of hydrogen-bond donors (Lipinski definition) is 1. The first-order valence-corrected chi connectivity index (χ1v) is 8.36. The quantitative estimate of drug-likeness (QED) is 0.716. The molecule has 110 valence electrons. The summed E-state index contributed by atoms with van der Waals surface area (Å²) in [5.41, 5.74) is 1.73. The maximum Gasteiger partial charge on any atom is 0.257 e. The molecule has 22 heavy (non-hydrogen) atoms. The minimum Gasteiger partial charge on any atom is -0.431 e. The van der Waals surface area contributed by atoms with Crippen LogP contribution >= 0.6 is 34.7 Å². The van der Waals surface area contributed by atoms with Gasteiger partial charge in [-0.3, -0.25) is 4.79 Å². The van der Waals surface area contributed by atoms with Crippen molar-refractivity contribution in [1.82, 2.24) is 4.98 Å². The number of anilines is 1. The molecule has 0 aliphatic carbocycles. The van der Waals surface area contributed by atoms with Crippen LogP contribution in [0, 0.1) is 11.3 Å². The molecule has 0 atom stereocenters. The van der Waals surface area contributed by atoms with Crippen molar-refractivity contribution in [3.05, 3.63) is 40.2 Å². The molecule has 0 aliphatic heterocycles. The number of nitriles is 1. The summed E-state index contributed by atoms with van der Waals surface area (Å²) in [6.45, 7) is 0. The molecule has 1 amide bonds. The first kappa shape index (κ1) is 14.9. The van der Waals surface area contributed by atoms with Crippen LogP contribution in [-0.2, 0) is 4.79 Å². The minimum atomic E-state index is -0.218. The number of carbonyl (C=O) groups is 1. The molecule has 3 aromatic rings. The number of amides is 1. The van der Waals surface area contributed by atoms with Gasteiger partial charge in [-0.05, 0) is 29.6 Å². The molecule has 0 aliphatic rings. The van der Waals surface area contributed by atoms with Crippen LogP contribution < -0.4 is 5.32 Å². The van der Waals surface area contributed by atoms with E-state index in [2.05, 4.69) is 10.3 Å². The van der Waals surface area contributed by atoms with Crippen molar-refractivity contribution in [1.29, 1.82) is 5.26 Å². The van der Waals surface area contributed by atoms with E-state index in [1.807, 2.05) is 6.07 Å². The number of benzene rings is 1. The van der Waals surface area contributed by atoms with Crippen molar-refractivity contribution in [3.8, 4) is 6.07 Å². The molecular weight excluding hydrogens is 342 g/mol. The molecule has 2 aromatic heterocycles. The SMILES string of the molecule is N#Cc1ccsc1NC(=O)CSc1nc2cc(Cl)ccc2o1. The van der Waals surface area contributed by atoms with Crippen molar-refractivity contribution in [2.75, 3.05) is 11.1 Å². The number of halogens is 1. The van der Waals surface area contributed by atoms with E-state index in [4.69, 9.17) is 21.3 Å². The second kappa shape index (κ2) is 6.40. The Morgan fingerprint density at radius 3 is 3.18 bits per heavy atom. The van der Waals surface area contributed by atoms with Crippen LogP contribution in [0.15, 0.2) is 39.3 Å². The van der Waals surface area contributed by atoms with Crippen LogP contribution in [0.1, 0.15) is 5.56 Å². The average molecular weight is 350 g/mol. The van der Waals surface area contributed by atoms with Gasteiger partial charge in [0, 0.05) is 5.02 Å². The standard InChI is InChI=1S/C14H8ClN3O2S2/c15-9-1-2-11-10(5-9)17-14(20-11)22-7-12(19)18-13-8(6-16)3-4-21-13/h1-5H,7H2,(H,18,19). The first-order chi connectivity index (χ1) is 10.7. The number of oxazole rings is 1. The molecule has 5 nitrogen and oxygen atoms in total. The van der Waals surface area contributed by atoms with Crippen LogP contribution in [0.2, 0.25) is 5.02 Å². The van der Waals surface area contributed by atoms with Gasteiger partial charge in [-0.25, -0.2) is 4.98 Å². The van der Waals surface area contributed by atoms with E-state index in [1.165, 1.54) is 23.1 Å². The van der Waals surface area contributed by atoms with Crippen molar-refractivity contribution in [3.63, 3.8) is 0 Å². The molecule has 8 heteroatoms. The number of hydrogen-bond acceptors (Lipinski definition) is 6. The summed E-state index contributed by atoms with van der Waals surface area (Å²) in [6, 6.07) is 8.85. The Bertz CT molecular complexity index is 882. The highest BCUT2D eigenvalue weighted by Crippen LogP contribution is 2.26. The van der Waals surface area contributed by atoms with Gasteiger partial charge in [-0.2, -0.15) is 5.26 Å².